The average molecular weight is 379 g/mol. The number of anilines is 2. The molecule has 0 saturated heterocycles. The fourth-order valence-corrected chi connectivity index (χ4v) is 4.40. The Balaban J connectivity index is 1.47. The van der Waals surface area contributed by atoms with Gasteiger partial charge in [-0.1, -0.05) is 47.7 Å². The number of thioether (sulfide) groups is 1. The van der Waals surface area contributed by atoms with E-state index in [2.05, 4.69) is 62.9 Å². The molecular formula is C20H18N4S2. The van der Waals surface area contributed by atoms with Crippen LogP contribution in [0.1, 0.15) is 17.1 Å². The first-order valence-corrected chi connectivity index (χ1v) is 10.2. The molecule has 0 bridgehead atoms. The highest BCUT2D eigenvalue weighted by Gasteiger charge is 2.08. The number of hydrogen-bond donors (Lipinski definition) is 1. The first-order valence-electron chi connectivity index (χ1n) is 8.32. The Morgan fingerprint density at radius 1 is 0.962 bits per heavy atom. The standard InChI is InChI=1S/C20H18N4S2/c1-13-7-9-15(10-8-13)23-20-24-16(12-26-20)11-25-19-17-5-3-4-6-18(17)21-14(2)22-19/h3-10,12H,11H2,1-2H3,(H,23,24). The number of aromatic nitrogens is 3. The summed E-state index contributed by atoms with van der Waals surface area (Å²) in [5.74, 6) is 1.58. The number of nitrogens with one attached hydrogen (secondary N) is 1. The van der Waals surface area contributed by atoms with E-state index in [4.69, 9.17) is 0 Å². The number of thiazole rings is 1. The van der Waals surface area contributed by atoms with Crippen molar-refractivity contribution >= 4 is 44.8 Å². The topological polar surface area (TPSA) is 50.7 Å². The van der Waals surface area contributed by atoms with Gasteiger partial charge in [-0.05, 0) is 32.0 Å². The Kier molecular flexibility index (Phi) is 4.86. The Morgan fingerprint density at radius 2 is 1.77 bits per heavy atom. The number of nitrogens with zero attached hydrogens (tertiary/aromatic N) is 3. The van der Waals surface area contributed by atoms with Crippen LogP contribution in [-0.4, -0.2) is 15.0 Å². The first kappa shape index (κ1) is 17.0. The van der Waals surface area contributed by atoms with Gasteiger partial charge in [-0.15, -0.1) is 11.3 Å². The van der Waals surface area contributed by atoms with Gasteiger partial charge in [0.05, 0.1) is 11.2 Å². The molecule has 2 aromatic carbocycles. The second kappa shape index (κ2) is 7.43. The van der Waals surface area contributed by atoms with E-state index >= 15 is 0 Å². The van der Waals surface area contributed by atoms with Crippen LogP contribution in [0.2, 0.25) is 0 Å². The van der Waals surface area contributed by atoms with Crippen LogP contribution in [-0.2, 0) is 5.75 Å². The molecule has 0 aliphatic carbocycles. The Hall–Kier alpha value is -2.44. The van der Waals surface area contributed by atoms with Gasteiger partial charge < -0.3 is 5.32 Å². The fourth-order valence-electron chi connectivity index (χ4n) is 2.60. The average Bonchev–Trinajstić information content (AvgIpc) is 3.09. The summed E-state index contributed by atoms with van der Waals surface area (Å²) in [4.78, 5) is 13.8. The van der Waals surface area contributed by atoms with Gasteiger partial charge in [-0.3, -0.25) is 0 Å². The molecule has 6 heteroatoms. The minimum Gasteiger partial charge on any atom is -0.332 e. The van der Waals surface area contributed by atoms with Crippen LogP contribution >= 0.6 is 23.1 Å². The van der Waals surface area contributed by atoms with Crippen LogP contribution in [0.15, 0.2) is 58.9 Å². The normalized spacial score (nSPS) is 11.0. The van der Waals surface area contributed by atoms with Crippen molar-refractivity contribution in [2.45, 2.75) is 24.6 Å². The number of para-hydroxylation sites is 1. The lowest BCUT2D eigenvalue weighted by molar-refractivity contribution is 1.01. The maximum absolute atomic E-state index is 4.69. The molecule has 4 rings (SSSR count). The summed E-state index contributed by atoms with van der Waals surface area (Å²) >= 11 is 3.33. The van der Waals surface area contributed by atoms with Crippen molar-refractivity contribution in [3.8, 4) is 0 Å². The second-order valence-corrected chi connectivity index (χ2v) is 7.84. The Morgan fingerprint density at radius 3 is 2.62 bits per heavy atom. The molecule has 4 aromatic rings. The molecule has 0 aliphatic heterocycles. The Labute approximate surface area is 160 Å². The summed E-state index contributed by atoms with van der Waals surface area (Å²) in [6.45, 7) is 4.02. The molecule has 0 unspecified atom stereocenters. The van der Waals surface area contributed by atoms with Crippen LogP contribution in [0, 0.1) is 13.8 Å². The van der Waals surface area contributed by atoms with E-state index in [0.29, 0.717) is 0 Å². The molecule has 4 nitrogen and oxygen atoms in total. The maximum atomic E-state index is 4.69. The van der Waals surface area contributed by atoms with Gasteiger partial charge in [0.15, 0.2) is 5.13 Å². The van der Waals surface area contributed by atoms with Gasteiger partial charge >= 0.3 is 0 Å². The molecule has 1 N–H and O–H groups in total. The van der Waals surface area contributed by atoms with E-state index in [1.54, 1.807) is 23.1 Å². The molecule has 0 amide bonds. The number of rotatable bonds is 5. The zero-order valence-electron chi connectivity index (χ0n) is 14.6. The molecule has 0 spiro atoms. The van der Waals surface area contributed by atoms with Crippen molar-refractivity contribution in [2.24, 2.45) is 0 Å². The third kappa shape index (κ3) is 3.86. The first-order chi connectivity index (χ1) is 12.7. The summed E-state index contributed by atoms with van der Waals surface area (Å²) in [5.41, 5.74) is 4.35. The predicted octanol–water partition coefficient (Wildman–Crippen LogP) is 5.74. The van der Waals surface area contributed by atoms with Gasteiger partial charge in [0, 0.05) is 22.2 Å². The van der Waals surface area contributed by atoms with Crippen LogP contribution in [0.5, 0.6) is 0 Å². The molecule has 0 radical (unpaired) electrons. The highest BCUT2D eigenvalue weighted by atomic mass is 32.2. The number of benzene rings is 2. The van der Waals surface area contributed by atoms with Crippen molar-refractivity contribution in [3.63, 3.8) is 0 Å². The van der Waals surface area contributed by atoms with Gasteiger partial charge in [-0.25, -0.2) is 15.0 Å². The van der Waals surface area contributed by atoms with Crippen LogP contribution in [0.25, 0.3) is 10.9 Å². The summed E-state index contributed by atoms with van der Waals surface area (Å²) in [5, 5.41) is 8.47. The van der Waals surface area contributed by atoms with Gasteiger partial charge in [0.2, 0.25) is 0 Å². The van der Waals surface area contributed by atoms with Gasteiger partial charge in [-0.2, -0.15) is 0 Å². The Bertz CT molecular complexity index is 1040. The molecule has 0 saturated carbocycles. The number of fused-ring (bicyclic) bond motifs is 1. The smallest absolute Gasteiger partial charge is 0.187 e. The molecule has 130 valence electrons. The number of hydrogen-bond acceptors (Lipinski definition) is 6. The van der Waals surface area contributed by atoms with Crippen molar-refractivity contribution in [1.29, 1.82) is 0 Å². The molecule has 0 fully saturated rings. The summed E-state index contributed by atoms with van der Waals surface area (Å²) in [6, 6.07) is 16.5. The van der Waals surface area contributed by atoms with E-state index in [1.165, 1.54) is 5.56 Å². The summed E-state index contributed by atoms with van der Waals surface area (Å²) in [6.07, 6.45) is 0. The SMILES string of the molecule is Cc1ccc(Nc2nc(CSc3nc(C)nc4ccccc34)cs2)cc1. The molecule has 26 heavy (non-hydrogen) atoms. The molecule has 0 aliphatic rings. The quantitative estimate of drug-likeness (QED) is 0.354. The van der Waals surface area contributed by atoms with E-state index in [-0.39, 0.29) is 0 Å². The highest BCUT2D eigenvalue weighted by Crippen LogP contribution is 2.29. The summed E-state index contributed by atoms with van der Waals surface area (Å²) in [7, 11) is 0. The largest absolute Gasteiger partial charge is 0.332 e. The maximum Gasteiger partial charge on any atom is 0.187 e. The molecule has 2 heterocycles. The zero-order valence-corrected chi connectivity index (χ0v) is 16.2. The van der Waals surface area contributed by atoms with Crippen molar-refractivity contribution in [2.75, 3.05) is 5.32 Å². The van der Waals surface area contributed by atoms with E-state index in [9.17, 15) is 0 Å². The van der Waals surface area contributed by atoms with Crippen molar-refractivity contribution < 1.29 is 0 Å². The van der Waals surface area contributed by atoms with E-state index in [0.717, 1.165) is 44.0 Å². The highest BCUT2D eigenvalue weighted by molar-refractivity contribution is 7.98. The van der Waals surface area contributed by atoms with E-state index < -0.39 is 0 Å². The van der Waals surface area contributed by atoms with Crippen LogP contribution in [0.3, 0.4) is 0 Å². The van der Waals surface area contributed by atoms with Gasteiger partial charge in [0.1, 0.15) is 10.9 Å². The third-order valence-electron chi connectivity index (χ3n) is 3.89. The summed E-state index contributed by atoms with van der Waals surface area (Å²) < 4.78 is 0. The minimum atomic E-state index is 0.784. The lowest BCUT2D eigenvalue weighted by atomic mass is 10.2. The van der Waals surface area contributed by atoms with Crippen molar-refractivity contribution in [3.05, 3.63) is 71.0 Å². The molecular weight excluding hydrogens is 360 g/mol. The van der Waals surface area contributed by atoms with Crippen molar-refractivity contribution in [1.82, 2.24) is 15.0 Å². The second-order valence-electron chi connectivity index (χ2n) is 6.02. The third-order valence-corrected chi connectivity index (χ3v) is 5.72. The minimum absolute atomic E-state index is 0.784. The van der Waals surface area contributed by atoms with Crippen LogP contribution in [0.4, 0.5) is 10.8 Å². The lowest BCUT2D eigenvalue weighted by Crippen LogP contribution is -1.93. The molecule has 2 aromatic heterocycles. The zero-order chi connectivity index (χ0) is 17.9. The monoisotopic (exact) mass is 378 g/mol. The fraction of sp³-hybridized carbons (Fsp3) is 0.150. The molecule has 0 atom stereocenters. The lowest BCUT2D eigenvalue weighted by Gasteiger charge is -2.05. The van der Waals surface area contributed by atoms with Gasteiger partial charge in [0.25, 0.3) is 0 Å². The predicted molar refractivity (Wildman–Crippen MR) is 110 cm³/mol. The number of aryl methyl sites for hydroxylation is 2. The van der Waals surface area contributed by atoms with E-state index in [1.807, 2.05) is 25.1 Å². The van der Waals surface area contributed by atoms with Crippen LogP contribution < -0.4 is 5.32 Å².